The lowest BCUT2D eigenvalue weighted by molar-refractivity contribution is 0.437. The number of benzene rings is 1. The molecule has 1 aromatic carbocycles. The summed E-state index contributed by atoms with van der Waals surface area (Å²) in [6.07, 6.45) is 1.63. The quantitative estimate of drug-likeness (QED) is 0.667. The van der Waals surface area contributed by atoms with Gasteiger partial charge in [0.05, 0.1) is 18.0 Å². The molecule has 0 bridgehead atoms. The summed E-state index contributed by atoms with van der Waals surface area (Å²) in [5.74, 6) is -1.46. The van der Waals surface area contributed by atoms with Gasteiger partial charge in [-0.1, -0.05) is 0 Å². The number of rotatable bonds is 2. The van der Waals surface area contributed by atoms with Crippen LogP contribution in [0.1, 0.15) is 22.7 Å². The standard InChI is InChI=1S/C17H13FN6O/c1-8-13-14(11(6-19)16(20)25-17(13)24-22-8)12-7-21-23-15(12)9-2-4-10(18)5-3-9/h2-5,7,11,14,20H,1H3,(H,21,23)(H,22,24). The third-order valence-corrected chi connectivity index (χ3v) is 4.37. The number of aromatic amines is 2. The molecule has 0 amide bonds. The lowest BCUT2D eigenvalue weighted by atomic mass is 9.79. The van der Waals surface area contributed by atoms with Crippen LogP contribution in [0.3, 0.4) is 0 Å². The van der Waals surface area contributed by atoms with Crippen LogP contribution in [0.2, 0.25) is 0 Å². The largest absolute Gasteiger partial charge is 0.422 e. The van der Waals surface area contributed by atoms with Gasteiger partial charge in [0.2, 0.25) is 11.8 Å². The van der Waals surface area contributed by atoms with E-state index in [0.29, 0.717) is 11.6 Å². The van der Waals surface area contributed by atoms with E-state index < -0.39 is 11.8 Å². The van der Waals surface area contributed by atoms with Crippen molar-refractivity contribution in [2.24, 2.45) is 5.92 Å². The normalized spacial score (nSPS) is 19.2. The Hall–Kier alpha value is -3.47. The second-order valence-electron chi connectivity index (χ2n) is 5.83. The van der Waals surface area contributed by atoms with E-state index in [1.54, 1.807) is 18.3 Å². The second-order valence-corrected chi connectivity index (χ2v) is 5.83. The van der Waals surface area contributed by atoms with Crippen LogP contribution in [-0.2, 0) is 0 Å². The molecular weight excluding hydrogens is 323 g/mol. The first-order chi connectivity index (χ1) is 12.1. The van der Waals surface area contributed by atoms with Crippen molar-refractivity contribution in [2.75, 3.05) is 0 Å². The lowest BCUT2D eigenvalue weighted by Gasteiger charge is -2.27. The molecule has 7 nitrogen and oxygen atoms in total. The van der Waals surface area contributed by atoms with Gasteiger partial charge in [-0.2, -0.15) is 10.4 Å². The number of nitrogens with zero attached hydrogens (tertiary/aromatic N) is 3. The average molecular weight is 336 g/mol. The molecule has 25 heavy (non-hydrogen) atoms. The summed E-state index contributed by atoms with van der Waals surface area (Å²) in [6, 6.07) is 8.15. The number of nitrogens with one attached hydrogen (secondary N) is 3. The number of ether oxygens (including phenoxy) is 1. The maximum absolute atomic E-state index is 13.2. The maximum Gasteiger partial charge on any atom is 0.243 e. The highest BCUT2D eigenvalue weighted by Crippen LogP contribution is 2.44. The van der Waals surface area contributed by atoms with Gasteiger partial charge in [0.15, 0.2) is 0 Å². The topological polar surface area (TPSA) is 114 Å². The minimum atomic E-state index is -0.805. The Balaban J connectivity index is 1.91. The fourth-order valence-corrected chi connectivity index (χ4v) is 3.19. The van der Waals surface area contributed by atoms with Crippen LogP contribution in [0.4, 0.5) is 4.39 Å². The van der Waals surface area contributed by atoms with Gasteiger partial charge in [0.25, 0.3) is 0 Å². The Kier molecular flexibility index (Phi) is 3.35. The zero-order valence-electron chi connectivity index (χ0n) is 13.2. The monoisotopic (exact) mass is 336 g/mol. The third kappa shape index (κ3) is 2.29. The summed E-state index contributed by atoms with van der Waals surface area (Å²) in [5, 5.41) is 31.6. The van der Waals surface area contributed by atoms with Crippen LogP contribution in [0, 0.1) is 35.4 Å². The number of nitriles is 1. The zero-order chi connectivity index (χ0) is 17.6. The van der Waals surface area contributed by atoms with E-state index in [9.17, 15) is 9.65 Å². The van der Waals surface area contributed by atoms with E-state index in [1.807, 2.05) is 6.92 Å². The smallest absolute Gasteiger partial charge is 0.243 e. The molecule has 0 aliphatic carbocycles. The summed E-state index contributed by atoms with van der Waals surface area (Å²) in [6.45, 7) is 1.84. The highest BCUT2D eigenvalue weighted by atomic mass is 19.1. The molecule has 2 unspecified atom stereocenters. The fourth-order valence-electron chi connectivity index (χ4n) is 3.19. The average Bonchev–Trinajstić information content (AvgIpc) is 3.22. The maximum atomic E-state index is 13.2. The van der Waals surface area contributed by atoms with Crippen molar-refractivity contribution in [3.63, 3.8) is 0 Å². The van der Waals surface area contributed by atoms with E-state index in [1.165, 1.54) is 12.1 Å². The SMILES string of the molecule is Cc1[nH]nc2c1C(c1cn[nH]c1-c1ccc(F)cc1)C(C#N)C(=N)O2. The number of halogens is 1. The van der Waals surface area contributed by atoms with Crippen LogP contribution < -0.4 is 4.74 Å². The molecule has 0 spiro atoms. The van der Waals surface area contributed by atoms with Crippen molar-refractivity contribution in [2.45, 2.75) is 12.8 Å². The number of aromatic nitrogens is 4. The highest BCUT2D eigenvalue weighted by Gasteiger charge is 2.41. The van der Waals surface area contributed by atoms with E-state index in [0.717, 1.165) is 22.4 Å². The van der Waals surface area contributed by atoms with Gasteiger partial charge in [-0.15, -0.1) is 5.10 Å². The molecule has 124 valence electrons. The van der Waals surface area contributed by atoms with E-state index >= 15 is 0 Å². The van der Waals surface area contributed by atoms with Gasteiger partial charge in [0.1, 0.15) is 11.7 Å². The van der Waals surface area contributed by atoms with E-state index in [-0.39, 0.29) is 11.7 Å². The van der Waals surface area contributed by atoms with Crippen LogP contribution in [0.25, 0.3) is 11.3 Å². The molecule has 0 saturated heterocycles. The minimum Gasteiger partial charge on any atom is -0.422 e. The van der Waals surface area contributed by atoms with Crippen molar-refractivity contribution in [1.29, 1.82) is 10.7 Å². The fraction of sp³-hybridized carbons (Fsp3) is 0.176. The highest BCUT2D eigenvalue weighted by molar-refractivity contribution is 5.85. The molecule has 3 heterocycles. The van der Waals surface area contributed by atoms with Crippen LogP contribution in [0.15, 0.2) is 30.5 Å². The second kappa shape index (κ2) is 5.56. The molecule has 4 rings (SSSR count). The first-order valence-electron chi connectivity index (χ1n) is 7.60. The van der Waals surface area contributed by atoms with Crippen molar-refractivity contribution in [1.82, 2.24) is 20.4 Å². The Bertz CT molecular complexity index is 997. The van der Waals surface area contributed by atoms with Crippen molar-refractivity contribution < 1.29 is 9.13 Å². The molecular formula is C17H13FN6O. The predicted octanol–water partition coefficient (Wildman–Crippen LogP) is 2.89. The molecule has 1 aliphatic heterocycles. The molecule has 0 saturated carbocycles. The summed E-state index contributed by atoms with van der Waals surface area (Å²) >= 11 is 0. The van der Waals surface area contributed by atoms with Crippen LogP contribution in [0.5, 0.6) is 5.88 Å². The van der Waals surface area contributed by atoms with Gasteiger partial charge in [-0.05, 0) is 31.2 Å². The molecule has 3 N–H and O–H groups in total. The van der Waals surface area contributed by atoms with Crippen LogP contribution >= 0.6 is 0 Å². The number of fused-ring (bicyclic) bond motifs is 1. The Morgan fingerprint density at radius 2 is 2.04 bits per heavy atom. The first-order valence-corrected chi connectivity index (χ1v) is 7.60. The van der Waals surface area contributed by atoms with Crippen molar-refractivity contribution in [3.05, 3.63) is 53.1 Å². The molecule has 2 aromatic heterocycles. The predicted molar refractivity (Wildman–Crippen MR) is 86.6 cm³/mol. The van der Waals surface area contributed by atoms with Gasteiger partial charge >= 0.3 is 0 Å². The van der Waals surface area contributed by atoms with Gasteiger partial charge in [0, 0.05) is 28.3 Å². The number of H-pyrrole nitrogens is 2. The summed E-state index contributed by atoms with van der Waals surface area (Å²) in [4.78, 5) is 0. The number of aryl methyl sites for hydroxylation is 1. The third-order valence-electron chi connectivity index (χ3n) is 4.37. The van der Waals surface area contributed by atoms with Crippen LogP contribution in [-0.4, -0.2) is 26.3 Å². The molecule has 1 aliphatic rings. The van der Waals surface area contributed by atoms with Crippen molar-refractivity contribution >= 4 is 5.90 Å². The van der Waals surface area contributed by atoms with E-state index in [2.05, 4.69) is 26.5 Å². The first kappa shape index (κ1) is 15.1. The summed E-state index contributed by atoms with van der Waals surface area (Å²) < 4.78 is 18.6. The lowest BCUT2D eigenvalue weighted by Crippen LogP contribution is -2.31. The van der Waals surface area contributed by atoms with Gasteiger partial charge in [-0.25, -0.2) is 4.39 Å². The summed E-state index contributed by atoms with van der Waals surface area (Å²) in [5.41, 5.74) is 3.64. The molecule has 8 heteroatoms. The van der Waals surface area contributed by atoms with Gasteiger partial charge < -0.3 is 4.74 Å². The number of hydrogen-bond acceptors (Lipinski definition) is 5. The Morgan fingerprint density at radius 3 is 2.76 bits per heavy atom. The number of hydrogen-bond donors (Lipinski definition) is 3. The van der Waals surface area contributed by atoms with Crippen molar-refractivity contribution in [3.8, 4) is 23.2 Å². The van der Waals surface area contributed by atoms with Gasteiger partial charge in [-0.3, -0.25) is 15.6 Å². The van der Waals surface area contributed by atoms with E-state index in [4.69, 9.17) is 10.1 Å². The molecule has 0 fully saturated rings. The molecule has 2 atom stereocenters. The Morgan fingerprint density at radius 1 is 1.28 bits per heavy atom. The molecule has 3 aromatic rings. The summed E-state index contributed by atoms with van der Waals surface area (Å²) in [7, 11) is 0. The zero-order valence-corrected chi connectivity index (χ0v) is 13.2. The minimum absolute atomic E-state index is 0.155. The molecule has 0 radical (unpaired) electrons. The Labute approximate surface area is 142 Å².